The normalized spacial score (nSPS) is 21.8. The van der Waals surface area contributed by atoms with Gasteiger partial charge in [-0.3, -0.25) is 9.79 Å². The van der Waals surface area contributed by atoms with Crippen molar-refractivity contribution in [3.05, 3.63) is 29.3 Å². The van der Waals surface area contributed by atoms with Gasteiger partial charge in [0.15, 0.2) is 5.96 Å². The summed E-state index contributed by atoms with van der Waals surface area (Å²) in [6, 6.07) is 6.65. The van der Waals surface area contributed by atoms with Crippen LogP contribution in [0.15, 0.2) is 23.2 Å². The van der Waals surface area contributed by atoms with Crippen LogP contribution in [0.3, 0.4) is 0 Å². The molecule has 0 atom stereocenters. The highest BCUT2D eigenvalue weighted by Crippen LogP contribution is 2.27. The molecular formula is C23H37IN4O2S. The first-order valence-electron chi connectivity index (χ1n) is 11.2. The fourth-order valence-corrected chi connectivity index (χ4v) is 5.14. The van der Waals surface area contributed by atoms with Gasteiger partial charge in [0.2, 0.25) is 5.91 Å². The third-order valence-corrected chi connectivity index (χ3v) is 6.91. The summed E-state index contributed by atoms with van der Waals surface area (Å²) in [6.07, 6.45) is 3.97. The Kier molecular flexibility index (Phi) is 11.3. The summed E-state index contributed by atoms with van der Waals surface area (Å²) in [4.78, 5) is 19.2. The maximum atomic E-state index is 12.7. The monoisotopic (exact) mass is 560 g/mol. The summed E-state index contributed by atoms with van der Waals surface area (Å²) >= 11 is 1.95. The third kappa shape index (κ3) is 7.73. The zero-order chi connectivity index (χ0) is 21.3. The van der Waals surface area contributed by atoms with Gasteiger partial charge in [0, 0.05) is 50.1 Å². The number of guanidine groups is 1. The second-order valence-corrected chi connectivity index (χ2v) is 9.31. The van der Waals surface area contributed by atoms with E-state index in [9.17, 15) is 4.79 Å². The van der Waals surface area contributed by atoms with Crippen LogP contribution >= 0.6 is 35.7 Å². The van der Waals surface area contributed by atoms with Crippen molar-refractivity contribution in [2.75, 3.05) is 38.2 Å². The highest BCUT2D eigenvalue weighted by molar-refractivity contribution is 14.0. The number of benzene rings is 1. The number of carbonyl (C=O) groups is 1. The van der Waals surface area contributed by atoms with Crippen molar-refractivity contribution in [1.29, 1.82) is 0 Å². The van der Waals surface area contributed by atoms with Gasteiger partial charge < -0.3 is 20.3 Å². The summed E-state index contributed by atoms with van der Waals surface area (Å²) in [5, 5.41) is 6.97. The van der Waals surface area contributed by atoms with Crippen LogP contribution in [0.2, 0.25) is 0 Å². The van der Waals surface area contributed by atoms with Crippen molar-refractivity contribution in [3.8, 4) is 5.75 Å². The number of amides is 1. The number of aryl methyl sites for hydroxylation is 1. The molecule has 2 N–H and O–H groups in total. The molecule has 6 nitrogen and oxygen atoms in total. The Morgan fingerprint density at radius 2 is 1.94 bits per heavy atom. The molecular weight excluding hydrogens is 523 g/mol. The molecule has 174 valence electrons. The van der Waals surface area contributed by atoms with E-state index in [-0.39, 0.29) is 29.9 Å². The molecule has 1 aromatic carbocycles. The smallest absolute Gasteiger partial charge is 0.225 e. The largest absolute Gasteiger partial charge is 0.494 e. The van der Waals surface area contributed by atoms with Gasteiger partial charge in [0.1, 0.15) is 5.75 Å². The Hall–Kier alpha value is -1.16. The number of ether oxygens (including phenoxy) is 1. The van der Waals surface area contributed by atoms with E-state index in [1.54, 1.807) is 0 Å². The minimum atomic E-state index is 0. The molecule has 3 rings (SSSR count). The van der Waals surface area contributed by atoms with E-state index in [0.717, 1.165) is 67.6 Å². The van der Waals surface area contributed by atoms with Crippen molar-refractivity contribution in [1.82, 2.24) is 15.5 Å². The number of rotatable bonds is 6. The van der Waals surface area contributed by atoms with Gasteiger partial charge in [-0.25, -0.2) is 0 Å². The zero-order valence-electron chi connectivity index (χ0n) is 19.0. The lowest BCUT2D eigenvalue weighted by molar-refractivity contribution is -0.136. The van der Waals surface area contributed by atoms with Crippen molar-refractivity contribution in [3.63, 3.8) is 0 Å². The first-order valence-corrected chi connectivity index (χ1v) is 12.3. The number of carbonyl (C=O) groups excluding carboxylic acids is 1. The standard InChI is InChI=1S/C23H36N4O2S.HI/c1-4-29-21-10-5-18(15-17(21)2)16-25-23(24-3)26-20-8-6-19(7-9-20)22(28)27-11-13-30-14-12-27;/h5,10,15,19-20H,4,6-9,11-14,16H2,1-3H3,(H2,24,25,26);1H. The molecule has 0 spiro atoms. The molecule has 1 saturated carbocycles. The number of hydrogen-bond donors (Lipinski definition) is 2. The molecule has 2 aliphatic rings. The molecule has 1 aliphatic heterocycles. The second-order valence-electron chi connectivity index (χ2n) is 8.09. The van der Waals surface area contributed by atoms with Crippen LogP contribution in [0.5, 0.6) is 5.75 Å². The molecule has 0 bridgehead atoms. The summed E-state index contributed by atoms with van der Waals surface area (Å²) in [5.41, 5.74) is 2.35. The molecule has 1 amide bonds. The first kappa shape index (κ1) is 26.1. The lowest BCUT2D eigenvalue weighted by atomic mass is 9.85. The predicted octanol–water partition coefficient (Wildman–Crippen LogP) is 3.81. The van der Waals surface area contributed by atoms with E-state index >= 15 is 0 Å². The topological polar surface area (TPSA) is 66.0 Å². The van der Waals surface area contributed by atoms with Crippen molar-refractivity contribution in [2.45, 2.75) is 52.1 Å². The number of thioether (sulfide) groups is 1. The van der Waals surface area contributed by atoms with Crippen molar-refractivity contribution < 1.29 is 9.53 Å². The highest BCUT2D eigenvalue weighted by atomic mass is 127. The van der Waals surface area contributed by atoms with Gasteiger partial charge in [-0.2, -0.15) is 11.8 Å². The van der Waals surface area contributed by atoms with Gasteiger partial charge in [0.25, 0.3) is 0 Å². The maximum Gasteiger partial charge on any atom is 0.225 e. The highest BCUT2D eigenvalue weighted by Gasteiger charge is 2.30. The summed E-state index contributed by atoms with van der Waals surface area (Å²) < 4.78 is 5.62. The van der Waals surface area contributed by atoms with Gasteiger partial charge in [-0.05, 0) is 56.7 Å². The SMILES string of the molecule is CCOc1ccc(CNC(=NC)NC2CCC(C(=O)N3CCSCC3)CC2)cc1C.I. The first-order chi connectivity index (χ1) is 14.6. The minimum Gasteiger partial charge on any atom is -0.494 e. The molecule has 1 aromatic rings. The Balaban J connectivity index is 0.00000341. The zero-order valence-corrected chi connectivity index (χ0v) is 22.1. The van der Waals surface area contributed by atoms with Crippen LogP contribution in [-0.4, -0.2) is 61.1 Å². The van der Waals surface area contributed by atoms with Gasteiger partial charge in [-0.15, -0.1) is 24.0 Å². The number of hydrogen-bond acceptors (Lipinski definition) is 4. The molecule has 31 heavy (non-hydrogen) atoms. The average molecular weight is 561 g/mol. The Labute approximate surface area is 208 Å². The lowest BCUT2D eigenvalue weighted by Crippen LogP contribution is -2.47. The third-order valence-electron chi connectivity index (χ3n) is 5.96. The van der Waals surface area contributed by atoms with E-state index in [4.69, 9.17) is 4.74 Å². The lowest BCUT2D eigenvalue weighted by Gasteiger charge is -2.34. The molecule has 0 aromatic heterocycles. The van der Waals surface area contributed by atoms with Crippen LogP contribution < -0.4 is 15.4 Å². The average Bonchev–Trinajstić information content (AvgIpc) is 2.79. The van der Waals surface area contributed by atoms with Gasteiger partial charge in [0.05, 0.1) is 6.61 Å². The number of halogens is 1. The summed E-state index contributed by atoms with van der Waals surface area (Å²) in [6.45, 7) is 7.31. The van der Waals surface area contributed by atoms with Gasteiger partial charge in [-0.1, -0.05) is 12.1 Å². The summed E-state index contributed by atoms with van der Waals surface area (Å²) in [7, 11) is 1.81. The predicted molar refractivity (Wildman–Crippen MR) is 141 cm³/mol. The molecule has 0 radical (unpaired) electrons. The van der Waals surface area contributed by atoms with Crippen LogP contribution in [0.25, 0.3) is 0 Å². The van der Waals surface area contributed by atoms with E-state index in [1.807, 2.05) is 31.8 Å². The number of nitrogens with zero attached hydrogens (tertiary/aromatic N) is 2. The second kappa shape index (κ2) is 13.4. The van der Waals surface area contributed by atoms with E-state index in [1.165, 1.54) is 5.56 Å². The fraction of sp³-hybridized carbons (Fsp3) is 0.652. The van der Waals surface area contributed by atoms with E-state index < -0.39 is 0 Å². The van der Waals surface area contributed by atoms with Crippen LogP contribution in [0.1, 0.15) is 43.7 Å². The van der Waals surface area contributed by atoms with Gasteiger partial charge >= 0.3 is 0 Å². The van der Waals surface area contributed by atoms with E-state index in [0.29, 0.717) is 25.1 Å². The Morgan fingerprint density at radius 1 is 1.23 bits per heavy atom. The Bertz CT molecular complexity index is 732. The minimum absolute atomic E-state index is 0. The van der Waals surface area contributed by atoms with E-state index in [2.05, 4.69) is 39.6 Å². The quantitative estimate of drug-likeness (QED) is 0.315. The maximum absolute atomic E-state index is 12.7. The number of aliphatic imine (C=N–C) groups is 1. The summed E-state index contributed by atoms with van der Waals surface area (Å²) in [5.74, 6) is 4.51. The van der Waals surface area contributed by atoms with Crippen LogP contribution in [0.4, 0.5) is 0 Å². The Morgan fingerprint density at radius 3 is 2.55 bits per heavy atom. The van der Waals surface area contributed by atoms with Crippen molar-refractivity contribution in [2.24, 2.45) is 10.9 Å². The van der Waals surface area contributed by atoms with Crippen LogP contribution in [0, 0.1) is 12.8 Å². The molecule has 1 saturated heterocycles. The fourth-order valence-electron chi connectivity index (χ4n) is 4.24. The number of nitrogens with one attached hydrogen (secondary N) is 2. The molecule has 1 heterocycles. The van der Waals surface area contributed by atoms with Crippen molar-refractivity contribution >= 4 is 47.6 Å². The molecule has 8 heteroatoms. The molecule has 0 unspecified atom stereocenters. The molecule has 1 aliphatic carbocycles. The van der Waals surface area contributed by atoms with Crippen LogP contribution in [-0.2, 0) is 11.3 Å². The molecule has 2 fully saturated rings.